The molecule has 1 rings (SSSR count). The average Bonchev–Trinajstić information content (AvgIpc) is 2.64. The summed E-state index contributed by atoms with van der Waals surface area (Å²) >= 11 is 1.80. The maximum Gasteiger partial charge on any atom is 0.223 e. The van der Waals surface area contributed by atoms with Crippen LogP contribution in [0.2, 0.25) is 0 Å². The largest absolute Gasteiger partial charge is 0.349 e. The third kappa shape index (κ3) is 3.94. The van der Waals surface area contributed by atoms with Gasteiger partial charge in [-0.2, -0.15) is 0 Å². The first-order valence-electron chi connectivity index (χ1n) is 5.50. The molecule has 16 heavy (non-hydrogen) atoms. The summed E-state index contributed by atoms with van der Waals surface area (Å²) in [4.78, 5) is 15.6. The topological polar surface area (TPSA) is 32.3 Å². The fraction of sp³-hybridized carbons (Fsp3) is 0.583. The Balaban J connectivity index is 2.31. The van der Waals surface area contributed by atoms with Gasteiger partial charge in [-0.05, 0) is 26.0 Å². The highest BCUT2D eigenvalue weighted by Crippen LogP contribution is 2.21. The van der Waals surface area contributed by atoms with Crippen molar-refractivity contribution in [3.63, 3.8) is 0 Å². The van der Waals surface area contributed by atoms with Gasteiger partial charge >= 0.3 is 0 Å². The van der Waals surface area contributed by atoms with E-state index in [9.17, 15) is 4.79 Å². The van der Waals surface area contributed by atoms with E-state index in [1.807, 2.05) is 0 Å². The van der Waals surface area contributed by atoms with Gasteiger partial charge in [0.1, 0.15) is 0 Å². The predicted octanol–water partition coefficient (Wildman–Crippen LogP) is 2.19. The van der Waals surface area contributed by atoms with Crippen LogP contribution in [0.5, 0.6) is 0 Å². The van der Waals surface area contributed by atoms with Crippen LogP contribution < -0.4 is 5.32 Å². The minimum atomic E-state index is 0.169. The number of nitrogens with one attached hydrogen (secondary N) is 1. The molecule has 1 heterocycles. The summed E-state index contributed by atoms with van der Waals surface area (Å²) in [5, 5.41) is 3.36. The Morgan fingerprint density at radius 2 is 2.19 bits per heavy atom. The molecule has 1 amide bonds. The first-order chi connectivity index (χ1) is 7.50. The lowest BCUT2D eigenvalue weighted by Crippen LogP contribution is -2.27. The van der Waals surface area contributed by atoms with Gasteiger partial charge in [-0.25, -0.2) is 0 Å². The highest BCUT2D eigenvalue weighted by Gasteiger charge is 2.08. The van der Waals surface area contributed by atoms with Crippen LogP contribution in [0.4, 0.5) is 0 Å². The summed E-state index contributed by atoms with van der Waals surface area (Å²) in [6.45, 7) is 4.97. The van der Waals surface area contributed by atoms with E-state index < -0.39 is 0 Å². The van der Waals surface area contributed by atoms with Crippen molar-refractivity contribution in [1.82, 2.24) is 10.2 Å². The molecule has 0 aliphatic heterocycles. The zero-order chi connectivity index (χ0) is 12.1. The summed E-state index contributed by atoms with van der Waals surface area (Å²) < 4.78 is 0. The molecule has 1 unspecified atom stereocenters. The molecule has 0 aromatic carbocycles. The van der Waals surface area contributed by atoms with Gasteiger partial charge in [0.05, 0.1) is 0 Å². The SMILES string of the molecule is Cc1ccc(C(C)NCCC(=O)N(C)C)s1. The first-order valence-corrected chi connectivity index (χ1v) is 6.32. The van der Waals surface area contributed by atoms with Crippen LogP contribution in [-0.2, 0) is 4.79 Å². The quantitative estimate of drug-likeness (QED) is 0.855. The number of nitrogens with zero attached hydrogens (tertiary/aromatic N) is 1. The van der Waals surface area contributed by atoms with Crippen LogP contribution in [0, 0.1) is 6.92 Å². The van der Waals surface area contributed by atoms with Gasteiger partial charge in [0.25, 0.3) is 0 Å². The second-order valence-electron chi connectivity index (χ2n) is 4.16. The molecule has 90 valence electrons. The predicted molar refractivity (Wildman–Crippen MR) is 68.8 cm³/mol. The second-order valence-corrected chi connectivity index (χ2v) is 5.48. The monoisotopic (exact) mass is 240 g/mol. The molecule has 3 nitrogen and oxygen atoms in total. The van der Waals surface area contributed by atoms with Crippen molar-refractivity contribution in [1.29, 1.82) is 0 Å². The molecule has 0 spiro atoms. The van der Waals surface area contributed by atoms with Gasteiger partial charge in [-0.15, -0.1) is 11.3 Å². The Morgan fingerprint density at radius 1 is 1.50 bits per heavy atom. The van der Waals surface area contributed by atoms with Gasteiger partial charge in [0, 0.05) is 42.9 Å². The van der Waals surface area contributed by atoms with Crippen LogP contribution in [0.1, 0.15) is 29.1 Å². The Bertz CT molecular complexity index is 347. The highest BCUT2D eigenvalue weighted by atomic mass is 32.1. The number of rotatable bonds is 5. The smallest absolute Gasteiger partial charge is 0.223 e. The third-order valence-electron chi connectivity index (χ3n) is 2.48. The lowest BCUT2D eigenvalue weighted by molar-refractivity contribution is -0.128. The maximum absolute atomic E-state index is 11.4. The van der Waals surface area contributed by atoms with Crippen LogP contribution in [0.25, 0.3) is 0 Å². The second kappa shape index (κ2) is 6.01. The van der Waals surface area contributed by atoms with E-state index in [-0.39, 0.29) is 5.91 Å². The van der Waals surface area contributed by atoms with E-state index in [1.54, 1.807) is 30.3 Å². The Morgan fingerprint density at radius 3 is 2.69 bits per heavy atom. The molecule has 1 N–H and O–H groups in total. The van der Waals surface area contributed by atoms with E-state index in [4.69, 9.17) is 0 Å². The Kier molecular flexibility index (Phi) is 4.96. The van der Waals surface area contributed by atoms with E-state index in [1.165, 1.54) is 9.75 Å². The minimum Gasteiger partial charge on any atom is -0.349 e. The van der Waals surface area contributed by atoms with Gasteiger partial charge in [0.15, 0.2) is 0 Å². The lowest BCUT2D eigenvalue weighted by Gasteiger charge is -2.14. The van der Waals surface area contributed by atoms with E-state index in [0.29, 0.717) is 12.5 Å². The van der Waals surface area contributed by atoms with Crippen molar-refractivity contribution >= 4 is 17.2 Å². The molecule has 0 saturated carbocycles. The molecular formula is C12H20N2OS. The number of thiophene rings is 1. The van der Waals surface area contributed by atoms with Crippen molar-refractivity contribution in [2.75, 3.05) is 20.6 Å². The Labute approximate surface area is 101 Å². The molecule has 1 aromatic rings. The number of hydrogen-bond donors (Lipinski definition) is 1. The highest BCUT2D eigenvalue weighted by molar-refractivity contribution is 7.12. The molecule has 0 fully saturated rings. The van der Waals surface area contributed by atoms with Crippen molar-refractivity contribution in [2.45, 2.75) is 26.3 Å². The average molecular weight is 240 g/mol. The summed E-state index contributed by atoms with van der Waals surface area (Å²) in [5.74, 6) is 0.169. The van der Waals surface area contributed by atoms with Gasteiger partial charge in [-0.3, -0.25) is 4.79 Å². The Hall–Kier alpha value is -0.870. The molecule has 0 saturated heterocycles. The zero-order valence-corrected chi connectivity index (χ0v) is 11.2. The molecule has 4 heteroatoms. The van der Waals surface area contributed by atoms with E-state index in [0.717, 1.165) is 6.54 Å². The molecular weight excluding hydrogens is 220 g/mol. The van der Waals surface area contributed by atoms with Crippen LogP contribution in [-0.4, -0.2) is 31.4 Å². The maximum atomic E-state index is 11.4. The van der Waals surface area contributed by atoms with Gasteiger partial charge in [0.2, 0.25) is 5.91 Å². The fourth-order valence-electron chi connectivity index (χ4n) is 1.41. The normalized spacial score (nSPS) is 12.5. The summed E-state index contributed by atoms with van der Waals surface area (Å²) in [5.41, 5.74) is 0. The summed E-state index contributed by atoms with van der Waals surface area (Å²) in [7, 11) is 3.57. The standard InChI is InChI=1S/C12H20N2OS/c1-9-5-6-11(16-9)10(2)13-8-7-12(15)14(3)4/h5-6,10,13H,7-8H2,1-4H3. The van der Waals surface area contributed by atoms with Crippen LogP contribution in [0.3, 0.4) is 0 Å². The van der Waals surface area contributed by atoms with Crippen molar-refractivity contribution in [3.05, 3.63) is 21.9 Å². The van der Waals surface area contributed by atoms with Crippen LogP contribution in [0.15, 0.2) is 12.1 Å². The van der Waals surface area contributed by atoms with Crippen LogP contribution >= 0.6 is 11.3 Å². The van der Waals surface area contributed by atoms with Crippen molar-refractivity contribution in [2.24, 2.45) is 0 Å². The summed E-state index contributed by atoms with van der Waals surface area (Å²) in [6, 6.07) is 4.60. The molecule has 0 bridgehead atoms. The van der Waals surface area contributed by atoms with Gasteiger partial charge in [-0.1, -0.05) is 0 Å². The van der Waals surface area contributed by atoms with Crippen molar-refractivity contribution < 1.29 is 4.79 Å². The minimum absolute atomic E-state index is 0.169. The number of aryl methyl sites for hydroxylation is 1. The zero-order valence-electron chi connectivity index (χ0n) is 10.4. The molecule has 0 aliphatic carbocycles. The number of hydrogen-bond acceptors (Lipinski definition) is 3. The van der Waals surface area contributed by atoms with E-state index in [2.05, 4.69) is 31.3 Å². The number of carbonyl (C=O) groups excluding carboxylic acids is 1. The van der Waals surface area contributed by atoms with Crippen molar-refractivity contribution in [3.8, 4) is 0 Å². The van der Waals surface area contributed by atoms with Gasteiger partial charge < -0.3 is 10.2 Å². The molecule has 0 aliphatic rings. The molecule has 1 aromatic heterocycles. The first kappa shape index (κ1) is 13.2. The molecule has 0 radical (unpaired) electrons. The number of carbonyl (C=O) groups is 1. The number of amides is 1. The molecule has 1 atom stereocenters. The third-order valence-corrected chi connectivity index (χ3v) is 3.66. The summed E-state index contributed by atoms with van der Waals surface area (Å²) in [6.07, 6.45) is 0.557. The van der Waals surface area contributed by atoms with E-state index >= 15 is 0 Å². The lowest BCUT2D eigenvalue weighted by atomic mass is 10.2. The fourth-order valence-corrected chi connectivity index (χ4v) is 2.31.